The topological polar surface area (TPSA) is 75.6 Å². The fourth-order valence-corrected chi connectivity index (χ4v) is 3.58. The van der Waals surface area contributed by atoms with Gasteiger partial charge in [-0.25, -0.2) is 0 Å². The summed E-state index contributed by atoms with van der Waals surface area (Å²) in [7, 11) is 0. The quantitative estimate of drug-likeness (QED) is 0.698. The molecule has 0 aromatic carbocycles. The van der Waals surface area contributed by atoms with E-state index in [0.29, 0.717) is 18.5 Å². The number of nitrogens with zero attached hydrogens (tertiary/aromatic N) is 2. The molecule has 18 heavy (non-hydrogen) atoms. The number of hydrogen-bond acceptors (Lipinski definition) is 4. The first-order chi connectivity index (χ1) is 8.59. The van der Waals surface area contributed by atoms with Crippen molar-refractivity contribution in [1.82, 2.24) is 9.80 Å². The molecular formula is C13H24N4O. The van der Waals surface area contributed by atoms with Crippen LogP contribution in [0.25, 0.3) is 0 Å². The zero-order valence-corrected chi connectivity index (χ0v) is 11.0. The van der Waals surface area contributed by atoms with Crippen molar-refractivity contribution in [1.29, 1.82) is 0 Å². The van der Waals surface area contributed by atoms with Crippen molar-refractivity contribution < 1.29 is 4.79 Å². The Hall–Kier alpha value is -0.650. The summed E-state index contributed by atoms with van der Waals surface area (Å²) < 4.78 is 0. The zero-order valence-electron chi connectivity index (χ0n) is 11.0. The highest BCUT2D eigenvalue weighted by Crippen LogP contribution is 2.39. The van der Waals surface area contributed by atoms with E-state index in [9.17, 15) is 4.79 Å². The van der Waals surface area contributed by atoms with Gasteiger partial charge in [-0.3, -0.25) is 14.6 Å². The lowest BCUT2D eigenvalue weighted by atomic mass is 9.92. The minimum absolute atomic E-state index is 0.316. The monoisotopic (exact) mass is 252 g/mol. The van der Waals surface area contributed by atoms with Crippen molar-refractivity contribution in [2.45, 2.75) is 37.3 Å². The Kier molecular flexibility index (Phi) is 3.08. The highest BCUT2D eigenvalue weighted by molar-refractivity contribution is 5.85. The molecule has 0 aromatic heterocycles. The second kappa shape index (κ2) is 4.47. The predicted molar refractivity (Wildman–Crippen MR) is 69.9 cm³/mol. The van der Waals surface area contributed by atoms with Gasteiger partial charge in [0.15, 0.2) is 0 Å². The van der Waals surface area contributed by atoms with E-state index < -0.39 is 5.54 Å². The van der Waals surface area contributed by atoms with Crippen molar-refractivity contribution in [3.8, 4) is 0 Å². The van der Waals surface area contributed by atoms with E-state index in [1.165, 1.54) is 19.4 Å². The summed E-state index contributed by atoms with van der Waals surface area (Å²) in [5, 5.41) is 0. The number of nitrogens with two attached hydrogens (primary N) is 2. The van der Waals surface area contributed by atoms with Crippen molar-refractivity contribution in [3.05, 3.63) is 0 Å². The molecule has 3 rings (SSSR count). The fourth-order valence-electron chi connectivity index (χ4n) is 3.58. The van der Waals surface area contributed by atoms with Gasteiger partial charge in [0.05, 0.1) is 0 Å². The minimum atomic E-state index is -0.791. The summed E-state index contributed by atoms with van der Waals surface area (Å²) >= 11 is 0. The Morgan fingerprint density at radius 3 is 2.67 bits per heavy atom. The van der Waals surface area contributed by atoms with Crippen LogP contribution in [-0.2, 0) is 4.79 Å². The lowest BCUT2D eigenvalue weighted by Gasteiger charge is -2.41. The molecule has 5 heteroatoms. The molecule has 2 unspecified atom stereocenters. The molecule has 102 valence electrons. The van der Waals surface area contributed by atoms with Crippen LogP contribution in [-0.4, -0.2) is 60.0 Å². The third-order valence-electron chi connectivity index (χ3n) is 4.92. The van der Waals surface area contributed by atoms with Crippen LogP contribution in [0, 0.1) is 5.92 Å². The molecule has 0 spiro atoms. The number of hydrogen-bond donors (Lipinski definition) is 2. The number of carbonyl (C=O) groups is 1. The summed E-state index contributed by atoms with van der Waals surface area (Å²) in [4.78, 5) is 16.6. The number of piperazine rings is 1. The van der Waals surface area contributed by atoms with Gasteiger partial charge in [-0.1, -0.05) is 0 Å². The van der Waals surface area contributed by atoms with Gasteiger partial charge in [-0.2, -0.15) is 0 Å². The summed E-state index contributed by atoms with van der Waals surface area (Å²) in [6.07, 6.45) is 4.71. The first kappa shape index (κ1) is 12.4. The summed E-state index contributed by atoms with van der Waals surface area (Å²) in [5.74, 6) is -0.00420. The summed E-state index contributed by atoms with van der Waals surface area (Å²) in [5.41, 5.74) is 11.0. The largest absolute Gasteiger partial charge is 0.368 e. The molecule has 2 saturated heterocycles. The lowest BCUT2D eigenvalue weighted by Crippen LogP contribution is -2.63. The maximum atomic E-state index is 11.7. The number of rotatable bonds is 4. The maximum Gasteiger partial charge on any atom is 0.239 e. The summed E-state index contributed by atoms with van der Waals surface area (Å²) in [6.45, 7) is 5.08. The average molecular weight is 252 g/mol. The van der Waals surface area contributed by atoms with Crippen LogP contribution < -0.4 is 11.5 Å². The van der Waals surface area contributed by atoms with E-state index in [2.05, 4.69) is 9.80 Å². The molecule has 2 atom stereocenters. The molecule has 4 N–H and O–H groups in total. The average Bonchev–Trinajstić information content (AvgIpc) is 3.09. The van der Waals surface area contributed by atoms with Crippen LogP contribution in [0.1, 0.15) is 25.7 Å². The molecule has 3 aliphatic rings. The second-order valence-corrected chi connectivity index (χ2v) is 6.25. The van der Waals surface area contributed by atoms with Crippen molar-refractivity contribution >= 4 is 5.91 Å². The van der Waals surface area contributed by atoms with Gasteiger partial charge in [-0.15, -0.1) is 0 Å². The molecule has 2 heterocycles. The highest BCUT2D eigenvalue weighted by atomic mass is 16.1. The Labute approximate surface area is 108 Å². The molecule has 1 amide bonds. The molecule has 0 aromatic rings. The van der Waals surface area contributed by atoms with E-state index >= 15 is 0 Å². The van der Waals surface area contributed by atoms with Gasteiger partial charge in [0, 0.05) is 32.2 Å². The lowest BCUT2D eigenvalue weighted by molar-refractivity contribution is -0.125. The maximum absolute atomic E-state index is 11.7. The predicted octanol–water partition coefficient (Wildman–Crippen LogP) is -0.641. The van der Waals surface area contributed by atoms with Crippen LogP contribution in [0.3, 0.4) is 0 Å². The number of carbonyl (C=O) groups excluding carboxylic acids is 1. The van der Waals surface area contributed by atoms with Gasteiger partial charge in [-0.05, 0) is 38.1 Å². The van der Waals surface area contributed by atoms with Gasteiger partial charge < -0.3 is 11.5 Å². The molecule has 5 nitrogen and oxygen atoms in total. The van der Waals surface area contributed by atoms with E-state index in [1.54, 1.807) is 0 Å². The molecule has 1 saturated carbocycles. The van der Waals surface area contributed by atoms with Crippen LogP contribution in [0.2, 0.25) is 0 Å². The van der Waals surface area contributed by atoms with Gasteiger partial charge >= 0.3 is 0 Å². The standard InChI is InChI=1S/C13H24N4O/c14-12(18)13(15,10-3-4-10)9-16-6-7-17-5-1-2-11(17)8-16/h10-11H,1-9,15H2,(H2,14,18). The van der Waals surface area contributed by atoms with E-state index in [1.807, 2.05) is 0 Å². The fraction of sp³-hybridized carbons (Fsp3) is 0.923. The third kappa shape index (κ3) is 2.15. The van der Waals surface area contributed by atoms with Crippen LogP contribution in [0.15, 0.2) is 0 Å². The second-order valence-electron chi connectivity index (χ2n) is 6.25. The summed E-state index contributed by atoms with van der Waals surface area (Å²) in [6, 6.07) is 0.676. The molecular weight excluding hydrogens is 228 g/mol. The van der Waals surface area contributed by atoms with Gasteiger partial charge in [0.1, 0.15) is 5.54 Å². The van der Waals surface area contributed by atoms with Gasteiger partial charge in [0.2, 0.25) is 5.91 Å². The number of fused-ring (bicyclic) bond motifs is 1. The Morgan fingerprint density at radius 2 is 2.00 bits per heavy atom. The molecule has 0 bridgehead atoms. The first-order valence-corrected chi connectivity index (χ1v) is 7.15. The van der Waals surface area contributed by atoms with Crippen LogP contribution >= 0.6 is 0 Å². The third-order valence-corrected chi connectivity index (χ3v) is 4.92. The van der Waals surface area contributed by atoms with Crippen LogP contribution in [0.5, 0.6) is 0 Å². The van der Waals surface area contributed by atoms with E-state index in [0.717, 1.165) is 32.5 Å². The minimum Gasteiger partial charge on any atom is -0.368 e. The Bertz CT molecular complexity index is 344. The molecule has 1 aliphatic carbocycles. The first-order valence-electron chi connectivity index (χ1n) is 7.15. The van der Waals surface area contributed by atoms with Crippen molar-refractivity contribution in [2.75, 3.05) is 32.7 Å². The smallest absolute Gasteiger partial charge is 0.239 e. The molecule has 0 radical (unpaired) electrons. The number of amides is 1. The molecule has 3 fully saturated rings. The number of primary amides is 1. The van der Waals surface area contributed by atoms with E-state index in [-0.39, 0.29) is 5.91 Å². The van der Waals surface area contributed by atoms with Crippen molar-refractivity contribution in [3.63, 3.8) is 0 Å². The van der Waals surface area contributed by atoms with E-state index in [4.69, 9.17) is 11.5 Å². The normalized spacial score (nSPS) is 33.1. The SMILES string of the molecule is NC(=O)C(N)(CN1CCN2CCCC2C1)C1CC1. The zero-order chi connectivity index (χ0) is 12.8. The molecule has 2 aliphatic heterocycles. The van der Waals surface area contributed by atoms with Crippen molar-refractivity contribution in [2.24, 2.45) is 17.4 Å². The van der Waals surface area contributed by atoms with Gasteiger partial charge in [0.25, 0.3) is 0 Å². The Morgan fingerprint density at radius 1 is 1.22 bits per heavy atom. The van der Waals surface area contributed by atoms with Crippen LogP contribution in [0.4, 0.5) is 0 Å². The highest BCUT2D eigenvalue weighted by Gasteiger charge is 2.48. The Balaban J connectivity index is 1.63.